The van der Waals surface area contributed by atoms with Crippen molar-refractivity contribution in [3.63, 3.8) is 0 Å². The van der Waals surface area contributed by atoms with E-state index in [2.05, 4.69) is 45.9 Å². The number of nitrogens with zero attached hydrogens (tertiary/aromatic N) is 1. The fraction of sp³-hybridized carbons (Fsp3) is 0.667. The maximum atomic E-state index is 11.7. The lowest BCUT2D eigenvalue weighted by Gasteiger charge is -2.36. The molecule has 2 amide bonds. The number of amides is 2. The molecule has 2 aromatic rings. The van der Waals surface area contributed by atoms with Crippen molar-refractivity contribution in [1.29, 1.82) is 0 Å². The van der Waals surface area contributed by atoms with Crippen molar-refractivity contribution in [2.75, 3.05) is 0 Å². The summed E-state index contributed by atoms with van der Waals surface area (Å²) < 4.78 is 0. The molecule has 1 aromatic heterocycles. The molecule has 2 N–H and O–H groups in total. The number of urea groups is 1. The SMILES string of the molecule is [B]NC(=O)NC1CCCCC2(CCCCCC(c3ccnc4ccccc34)CCCC2)CCCC1. The number of carbonyl (C=O) groups is 1. The van der Waals surface area contributed by atoms with Gasteiger partial charge in [-0.15, -0.1) is 0 Å². The fourth-order valence-corrected chi connectivity index (χ4v) is 6.93. The van der Waals surface area contributed by atoms with E-state index < -0.39 is 0 Å². The molecule has 2 aliphatic carbocycles. The van der Waals surface area contributed by atoms with Crippen molar-refractivity contribution in [1.82, 2.24) is 15.5 Å². The molecule has 1 unspecified atom stereocenters. The van der Waals surface area contributed by atoms with Crippen molar-refractivity contribution in [3.05, 3.63) is 42.1 Å². The molecule has 0 aliphatic heterocycles. The van der Waals surface area contributed by atoms with E-state index in [0.717, 1.165) is 18.4 Å². The summed E-state index contributed by atoms with van der Waals surface area (Å²) in [6.07, 6.45) is 24.1. The minimum atomic E-state index is -0.245. The topological polar surface area (TPSA) is 54.0 Å². The predicted molar refractivity (Wildman–Crippen MR) is 147 cm³/mol. The largest absolute Gasteiger partial charge is 0.392 e. The molecule has 4 rings (SSSR count). The number of pyridine rings is 1. The molecular formula is C30H44BN3O. The molecule has 1 atom stereocenters. The molecule has 35 heavy (non-hydrogen) atoms. The maximum absolute atomic E-state index is 11.7. The Kier molecular flexibility index (Phi) is 9.91. The van der Waals surface area contributed by atoms with E-state index in [1.54, 1.807) is 0 Å². The van der Waals surface area contributed by atoms with Gasteiger partial charge in [-0.2, -0.15) is 0 Å². The van der Waals surface area contributed by atoms with Crippen LogP contribution < -0.4 is 10.5 Å². The average molecular weight is 474 g/mol. The lowest BCUT2D eigenvalue weighted by Crippen LogP contribution is -2.41. The third-order valence-electron chi connectivity index (χ3n) is 8.88. The molecule has 2 aliphatic rings. The van der Waals surface area contributed by atoms with Gasteiger partial charge in [-0.25, -0.2) is 0 Å². The Bertz CT molecular complexity index is 915. The highest BCUT2D eigenvalue weighted by atomic mass is 16.2. The number of aromatic nitrogens is 1. The zero-order chi connectivity index (χ0) is 24.3. The van der Waals surface area contributed by atoms with Gasteiger partial charge in [-0.1, -0.05) is 76.0 Å². The van der Waals surface area contributed by atoms with Crippen molar-refractivity contribution in [2.45, 2.75) is 121 Å². The van der Waals surface area contributed by atoms with Gasteiger partial charge in [0, 0.05) is 17.6 Å². The molecule has 1 spiro atoms. The van der Waals surface area contributed by atoms with E-state index in [-0.39, 0.29) is 12.1 Å². The van der Waals surface area contributed by atoms with Gasteiger partial charge < -0.3 is 10.5 Å². The Morgan fingerprint density at radius 1 is 0.800 bits per heavy atom. The van der Waals surface area contributed by atoms with Crippen LogP contribution in [0.15, 0.2) is 36.5 Å². The van der Waals surface area contributed by atoms with Crippen LogP contribution in [-0.2, 0) is 0 Å². The lowest BCUT2D eigenvalue weighted by molar-refractivity contribution is 0.167. The first-order valence-corrected chi connectivity index (χ1v) is 14.3. The molecular weight excluding hydrogens is 429 g/mol. The van der Waals surface area contributed by atoms with Crippen LogP contribution >= 0.6 is 0 Å². The normalized spacial score (nSPS) is 27.5. The quantitative estimate of drug-likeness (QED) is 0.439. The van der Waals surface area contributed by atoms with Crippen LogP contribution in [0.1, 0.15) is 121 Å². The van der Waals surface area contributed by atoms with Crippen LogP contribution in [-0.4, -0.2) is 25.0 Å². The van der Waals surface area contributed by atoms with E-state index in [9.17, 15) is 4.79 Å². The second-order valence-electron chi connectivity index (χ2n) is 11.3. The Balaban J connectivity index is 1.36. The molecule has 188 valence electrons. The van der Waals surface area contributed by atoms with Crippen LogP contribution in [0.3, 0.4) is 0 Å². The standard InChI is InChI=1S/C30H44BN3O/c31-34-29(35)33-25-14-6-10-21-30(22-11-7-15-25)19-8-1-2-12-24(13-5-9-20-30)26-18-23-32-28-17-4-3-16-27(26)28/h3-4,16-18,23-25H,1-2,5-15,19-22H2,(H2,33,34,35). The molecule has 5 heteroatoms. The summed E-state index contributed by atoms with van der Waals surface area (Å²) in [5, 5.41) is 6.62. The van der Waals surface area contributed by atoms with Crippen LogP contribution in [0.25, 0.3) is 10.9 Å². The van der Waals surface area contributed by atoms with E-state index in [4.69, 9.17) is 7.98 Å². The molecule has 1 heterocycles. The first kappa shape index (κ1) is 26.0. The Labute approximate surface area is 213 Å². The smallest absolute Gasteiger partial charge is 0.302 e. The van der Waals surface area contributed by atoms with E-state index in [1.165, 1.54) is 107 Å². The summed E-state index contributed by atoms with van der Waals surface area (Å²) >= 11 is 0. The third kappa shape index (κ3) is 7.47. The monoisotopic (exact) mass is 473 g/mol. The van der Waals surface area contributed by atoms with Gasteiger partial charge in [0.1, 0.15) is 0 Å². The fourth-order valence-electron chi connectivity index (χ4n) is 6.93. The summed E-state index contributed by atoms with van der Waals surface area (Å²) in [4.78, 5) is 16.3. The number of rotatable bonds is 2. The van der Waals surface area contributed by atoms with Gasteiger partial charge in [0.05, 0.1) is 5.52 Å². The average Bonchev–Trinajstić information content (AvgIpc) is 2.93. The lowest BCUT2D eigenvalue weighted by atomic mass is 9.70. The second-order valence-corrected chi connectivity index (χ2v) is 11.3. The van der Waals surface area contributed by atoms with Crippen LogP contribution in [0.2, 0.25) is 0 Å². The molecule has 4 nitrogen and oxygen atoms in total. The Morgan fingerprint density at radius 3 is 2.09 bits per heavy atom. The summed E-state index contributed by atoms with van der Waals surface area (Å²) in [7, 11) is 5.27. The van der Waals surface area contributed by atoms with Crippen molar-refractivity contribution >= 4 is 24.9 Å². The van der Waals surface area contributed by atoms with Crippen LogP contribution in [0.4, 0.5) is 4.79 Å². The number of hydrogen-bond donors (Lipinski definition) is 2. The number of hydrogen-bond acceptors (Lipinski definition) is 2. The molecule has 0 bridgehead atoms. The molecule has 2 saturated carbocycles. The molecule has 2 fully saturated rings. The summed E-state index contributed by atoms with van der Waals surface area (Å²) in [6.45, 7) is 0. The van der Waals surface area contributed by atoms with Gasteiger partial charge in [0.25, 0.3) is 0 Å². The zero-order valence-corrected chi connectivity index (χ0v) is 21.6. The van der Waals surface area contributed by atoms with Crippen molar-refractivity contribution in [3.8, 4) is 0 Å². The number of para-hydroxylation sites is 1. The summed E-state index contributed by atoms with van der Waals surface area (Å²) in [5.41, 5.74) is 3.20. The maximum Gasteiger partial charge on any atom is 0.302 e. The van der Waals surface area contributed by atoms with E-state index in [1.807, 2.05) is 6.20 Å². The Hall–Kier alpha value is -2.04. The minimum absolute atomic E-state index is 0.245. The first-order chi connectivity index (χ1) is 17.2. The van der Waals surface area contributed by atoms with Gasteiger partial charge in [0.2, 0.25) is 7.98 Å². The number of fused-ring (bicyclic) bond motifs is 1. The van der Waals surface area contributed by atoms with Crippen molar-refractivity contribution in [2.24, 2.45) is 5.41 Å². The second kappa shape index (κ2) is 13.3. The van der Waals surface area contributed by atoms with Crippen LogP contribution in [0, 0.1) is 5.41 Å². The number of carbonyl (C=O) groups excluding carboxylic acids is 1. The number of benzene rings is 1. The van der Waals surface area contributed by atoms with Gasteiger partial charge in [0.15, 0.2) is 0 Å². The number of nitrogens with one attached hydrogen (secondary N) is 2. The zero-order valence-electron chi connectivity index (χ0n) is 21.6. The van der Waals surface area contributed by atoms with Crippen molar-refractivity contribution < 1.29 is 4.79 Å². The summed E-state index contributed by atoms with van der Waals surface area (Å²) in [5.74, 6) is 0.663. The molecule has 2 radical (unpaired) electrons. The highest BCUT2D eigenvalue weighted by molar-refractivity contribution is 6.13. The third-order valence-corrected chi connectivity index (χ3v) is 8.88. The summed E-state index contributed by atoms with van der Waals surface area (Å²) in [6, 6.07) is 11.0. The van der Waals surface area contributed by atoms with E-state index >= 15 is 0 Å². The van der Waals surface area contributed by atoms with Crippen LogP contribution in [0.5, 0.6) is 0 Å². The van der Waals surface area contributed by atoms with Gasteiger partial charge in [-0.05, 0) is 80.4 Å². The first-order valence-electron chi connectivity index (χ1n) is 14.3. The minimum Gasteiger partial charge on any atom is -0.392 e. The Morgan fingerprint density at radius 2 is 1.40 bits per heavy atom. The van der Waals surface area contributed by atoms with Gasteiger partial charge >= 0.3 is 6.03 Å². The molecule has 1 aromatic carbocycles. The van der Waals surface area contributed by atoms with Gasteiger partial charge in [-0.3, -0.25) is 9.78 Å². The highest BCUT2D eigenvalue weighted by Gasteiger charge is 2.30. The highest BCUT2D eigenvalue weighted by Crippen LogP contribution is 2.44. The predicted octanol–water partition coefficient (Wildman–Crippen LogP) is 7.72. The van der Waals surface area contributed by atoms with E-state index in [0.29, 0.717) is 11.3 Å². The molecule has 0 saturated heterocycles.